The first-order valence-electron chi connectivity index (χ1n) is 21.3. The molecule has 14 rings (SSSR count). The number of benzene rings is 11. The Morgan fingerprint density at radius 2 is 0.597 bits per heavy atom. The molecule has 11 aromatic carbocycles. The van der Waals surface area contributed by atoms with Gasteiger partial charge < -0.3 is 8.83 Å². The van der Waals surface area contributed by atoms with Crippen LogP contribution in [0.3, 0.4) is 0 Å². The smallest absolute Gasteiger partial charge is 0.135 e. The minimum absolute atomic E-state index is 0.898. The highest BCUT2D eigenvalue weighted by Gasteiger charge is 2.26. The molecule has 0 saturated carbocycles. The Bertz CT molecular complexity index is 3970. The molecule has 0 amide bonds. The van der Waals surface area contributed by atoms with Crippen LogP contribution in [0.2, 0.25) is 0 Å². The Morgan fingerprint density at radius 1 is 0.194 bits per heavy atom. The fraction of sp³-hybridized carbons (Fsp3) is 0. The molecular formula is C60H34O2. The van der Waals surface area contributed by atoms with Crippen LogP contribution in [0, 0.1) is 0 Å². The third kappa shape index (κ3) is 4.75. The van der Waals surface area contributed by atoms with E-state index in [9.17, 15) is 0 Å². The highest BCUT2D eigenvalue weighted by molar-refractivity contribution is 6.27. The van der Waals surface area contributed by atoms with Crippen molar-refractivity contribution in [2.45, 2.75) is 0 Å². The van der Waals surface area contributed by atoms with E-state index in [4.69, 9.17) is 8.83 Å². The Balaban J connectivity index is 1.10. The highest BCUT2D eigenvalue weighted by Crippen LogP contribution is 2.53. The monoisotopic (exact) mass is 786 g/mol. The molecule has 0 saturated heterocycles. The molecule has 0 spiro atoms. The van der Waals surface area contributed by atoms with E-state index in [2.05, 4.69) is 188 Å². The summed E-state index contributed by atoms with van der Waals surface area (Å²) in [4.78, 5) is 0. The molecule has 2 heterocycles. The van der Waals surface area contributed by atoms with Gasteiger partial charge in [-0.3, -0.25) is 0 Å². The van der Waals surface area contributed by atoms with Gasteiger partial charge in [-0.2, -0.15) is 0 Å². The number of hydrogen-bond donors (Lipinski definition) is 0. The first-order chi connectivity index (χ1) is 30.7. The topological polar surface area (TPSA) is 26.3 Å². The van der Waals surface area contributed by atoms with E-state index < -0.39 is 0 Å². The summed E-state index contributed by atoms with van der Waals surface area (Å²) in [5, 5.41) is 12.1. The van der Waals surface area contributed by atoms with E-state index in [0.29, 0.717) is 0 Å². The number of para-hydroxylation sites is 2. The van der Waals surface area contributed by atoms with Crippen LogP contribution in [0.15, 0.2) is 215 Å². The summed E-state index contributed by atoms with van der Waals surface area (Å²) in [6.45, 7) is 0. The molecule has 62 heavy (non-hydrogen) atoms. The van der Waals surface area contributed by atoms with Gasteiger partial charge in [0.05, 0.1) is 0 Å². The molecule has 2 heteroatoms. The Labute approximate surface area is 356 Å². The molecule has 0 unspecified atom stereocenters. The van der Waals surface area contributed by atoms with Crippen molar-refractivity contribution < 1.29 is 8.83 Å². The summed E-state index contributed by atoms with van der Waals surface area (Å²) >= 11 is 0. The van der Waals surface area contributed by atoms with Crippen molar-refractivity contribution in [1.29, 1.82) is 0 Å². The van der Waals surface area contributed by atoms with E-state index in [0.717, 1.165) is 60.6 Å². The van der Waals surface area contributed by atoms with Crippen molar-refractivity contribution >= 4 is 76.2 Å². The van der Waals surface area contributed by atoms with Crippen molar-refractivity contribution in [3.63, 3.8) is 0 Å². The van der Waals surface area contributed by atoms with Gasteiger partial charge in [-0.15, -0.1) is 0 Å². The second-order valence-electron chi connectivity index (χ2n) is 16.7. The van der Waals surface area contributed by atoms with Crippen LogP contribution in [0.25, 0.3) is 143 Å². The average Bonchev–Trinajstić information content (AvgIpc) is 3.91. The van der Waals surface area contributed by atoms with E-state index in [-0.39, 0.29) is 0 Å². The maximum Gasteiger partial charge on any atom is 0.135 e. The van der Waals surface area contributed by atoms with Crippen LogP contribution in [0.5, 0.6) is 0 Å². The van der Waals surface area contributed by atoms with Crippen molar-refractivity contribution in [2.24, 2.45) is 0 Å². The van der Waals surface area contributed by atoms with Gasteiger partial charge in [-0.1, -0.05) is 152 Å². The molecule has 13 aromatic rings. The normalized spacial score (nSPS) is 12.2. The number of rotatable bonds is 2. The molecule has 0 bridgehead atoms. The molecule has 0 aliphatic heterocycles. The molecule has 2 nitrogen and oxygen atoms in total. The quantitative estimate of drug-likeness (QED) is 0.163. The summed E-state index contributed by atoms with van der Waals surface area (Å²) in [5.41, 5.74) is 18.0. The predicted octanol–water partition coefficient (Wildman–Crippen LogP) is 17.3. The molecule has 286 valence electrons. The van der Waals surface area contributed by atoms with Crippen LogP contribution in [0.1, 0.15) is 0 Å². The fourth-order valence-electron chi connectivity index (χ4n) is 10.6. The lowest BCUT2D eigenvalue weighted by Crippen LogP contribution is -2.00. The van der Waals surface area contributed by atoms with Gasteiger partial charge in [-0.05, 0) is 154 Å². The standard InChI is InChI=1S/C60H34O2/c1-3-15-42-39(12-1)40-13-2-4-16-43(40)51-34-53-49-30-35(36-25-28-58-54(31-36)45-17-7-9-22-56(45)61-58)24-27-44(49)41-14-5-6-19-47(41)60-38(20-11-21-48(60)52(53)33-50(42)51)37-26-29-59-55(32-37)46-18-8-10-23-57(46)62-59/h1-34H. The second kappa shape index (κ2) is 12.7. The van der Waals surface area contributed by atoms with Crippen LogP contribution < -0.4 is 0 Å². The number of hydrogen-bond acceptors (Lipinski definition) is 2. The van der Waals surface area contributed by atoms with E-state index >= 15 is 0 Å². The third-order valence-corrected chi connectivity index (χ3v) is 13.4. The van der Waals surface area contributed by atoms with Gasteiger partial charge in [-0.25, -0.2) is 0 Å². The predicted molar refractivity (Wildman–Crippen MR) is 260 cm³/mol. The molecule has 1 aliphatic carbocycles. The lowest BCUT2D eigenvalue weighted by atomic mass is 9.77. The summed E-state index contributed by atoms with van der Waals surface area (Å²) in [7, 11) is 0. The fourth-order valence-corrected chi connectivity index (χ4v) is 10.6. The molecule has 1 aliphatic rings. The van der Waals surface area contributed by atoms with E-state index in [1.54, 1.807) is 0 Å². The van der Waals surface area contributed by atoms with Crippen molar-refractivity contribution in [3.05, 3.63) is 206 Å². The highest BCUT2D eigenvalue weighted by atomic mass is 16.3. The lowest BCUT2D eigenvalue weighted by molar-refractivity contribution is 0.668. The first kappa shape index (κ1) is 33.6. The Kier molecular flexibility index (Phi) is 6.86. The molecular weight excluding hydrogens is 753 g/mol. The SMILES string of the molecule is c1ccc2c(c1)-c1ccc(-c3ccc4oc5ccccc5c4c3)cc1-c1cc3c4ccccc4c4ccccc4c3cc1-c1cccc(-c3ccc4oc5ccccc5c4c3)c1-2. The Morgan fingerprint density at radius 3 is 1.24 bits per heavy atom. The summed E-state index contributed by atoms with van der Waals surface area (Å²) < 4.78 is 12.6. The van der Waals surface area contributed by atoms with Crippen LogP contribution in [0.4, 0.5) is 0 Å². The van der Waals surface area contributed by atoms with E-state index in [1.807, 2.05) is 18.2 Å². The van der Waals surface area contributed by atoms with Crippen molar-refractivity contribution in [3.8, 4) is 66.8 Å². The summed E-state index contributed by atoms with van der Waals surface area (Å²) in [5.74, 6) is 0. The third-order valence-electron chi connectivity index (χ3n) is 13.4. The van der Waals surface area contributed by atoms with Crippen LogP contribution >= 0.6 is 0 Å². The maximum atomic E-state index is 6.31. The molecule has 0 radical (unpaired) electrons. The minimum atomic E-state index is 0.898. The van der Waals surface area contributed by atoms with Crippen LogP contribution in [-0.4, -0.2) is 0 Å². The summed E-state index contributed by atoms with van der Waals surface area (Å²) in [6, 6.07) is 75.7. The molecule has 2 aromatic heterocycles. The maximum absolute atomic E-state index is 6.31. The molecule has 0 N–H and O–H groups in total. The zero-order valence-electron chi connectivity index (χ0n) is 33.4. The van der Waals surface area contributed by atoms with Gasteiger partial charge in [0.25, 0.3) is 0 Å². The van der Waals surface area contributed by atoms with Gasteiger partial charge in [0.15, 0.2) is 0 Å². The van der Waals surface area contributed by atoms with Crippen LogP contribution in [-0.2, 0) is 0 Å². The second-order valence-corrected chi connectivity index (χ2v) is 16.7. The minimum Gasteiger partial charge on any atom is -0.456 e. The average molecular weight is 787 g/mol. The van der Waals surface area contributed by atoms with Gasteiger partial charge in [0.2, 0.25) is 0 Å². The van der Waals surface area contributed by atoms with Crippen molar-refractivity contribution in [1.82, 2.24) is 0 Å². The van der Waals surface area contributed by atoms with Gasteiger partial charge in [0, 0.05) is 21.5 Å². The van der Waals surface area contributed by atoms with Gasteiger partial charge >= 0.3 is 0 Å². The lowest BCUT2D eigenvalue weighted by Gasteiger charge is -2.26. The number of fused-ring (bicyclic) bond motifs is 20. The molecule has 0 atom stereocenters. The zero-order valence-corrected chi connectivity index (χ0v) is 33.4. The number of furan rings is 2. The molecule has 0 fully saturated rings. The summed E-state index contributed by atoms with van der Waals surface area (Å²) in [6.07, 6.45) is 0. The van der Waals surface area contributed by atoms with E-state index in [1.165, 1.54) is 82.4 Å². The largest absolute Gasteiger partial charge is 0.456 e. The van der Waals surface area contributed by atoms with Crippen molar-refractivity contribution in [2.75, 3.05) is 0 Å². The zero-order chi connectivity index (χ0) is 40.5. The first-order valence-corrected chi connectivity index (χ1v) is 21.3. The Hall–Kier alpha value is -8.20. The van der Waals surface area contributed by atoms with Gasteiger partial charge in [0.1, 0.15) is 22.3 Å².